The Labute approximate surface area is 203 Å². The smallest absolute Gasteiger partial charge is 0.410 e. The minimum Gasteiger partial charge on any atom is -0.466 e. The first-order valence-electron chi connectivity index (χ1n) is 12.4. The molecule has 186 valence electrons. The Morgan fingerprint density at radius 1 is 1.12 bits per heavy atom. The number of hydrogen-bond donors (Lipinski definition) is 0. The van der Waals surface area contributed by atoms with Crippen LogP contribution < -0.4 is 0 Å². The van der Waals surface area contributed by atoms with Crippen molar-refractivity contribution in [2.24, 2.45) is 5.92 Å². The number of benzene rings is 1. The van der Waals surface area contributed by atoms with Crippen LogP contribution in [0.4, 0.5) is 4.79 Å². The number of carbonyl (C=O) groups is 2. The maximum atomic E-state index is 12.3. The predicted molar refractivity (Wildman–Crippen MR) is 133 cm³/mol. The van der Waals surface area contributed by atoms with Crippen LogP contribution in [0.15, 0.2) is 30.5 Å². The highest BCUT2D eigenvalue weighted by atomic mass is 16.6. The number of hydrogen-bond acceptors (Lipinski definition) is 5. The molecule has 0 bridgehead atoms. The number of rotatable bonds is 8. The average Bonchev–Trinajstić information content (AvgIpc) is 3.16. The molecule has 2 aromatic rings. The second kappa shape index (κ2) is 11.5. The first-order chi connectivity index (χ1) is 16.1. The number of esters is 1. The number of imidazole rings is 1. The van der Waals surface area contributed by atoms with Gasteiger partial charge in [-0.3, -0.25) is 4.79 Å². The highest BCUT2D eigenvalue weighted by molar-refractivity contribution is 5.70. The van der Waals surface area contributed by atoms with E-state index in [0.29, 0.717) is 25.4 Å². The van der Waals surface area contributed by atoms with Crippen molar-refractivity contribution in [3.63, 3.8) is 0 Å². The van der Waals surface area contributed by atoms with Gasteiger partial charge in [0.1, 0.15) is 11.4 Å². The molecule has 0 spiro atoms. The zero-order chi connectivity index (χ0) is 24.7. The van der Waals surface area contributed by atoms with E-state index in [4.69, 9.17) is 14.5 Å². The van der Waals surface area contributed by atoms with Crippen molar-refractivity contribution in [1.82, 2.24) is 14.5 Å². The Hall–Kier alpha value is -2.83. The Morgan fingerprint density at radius 3 is 2.41 bits per heavy atom. The molecule has 0 unspecified atom stereocenters. The van der Waals surface area contributed by atoms with Crippen molar-refractivity contribution in [2.45, 2.75) is 78.9 Å². The zero-order valence-electron chi connectivity index (χ0n) is 21.3. The fraction of sp³-hybridized carbons (Fsp3) is 0.593. The van der Waals surface area contributed by atoms with E-state index in [1.165, 1.54) is 0 Å². The molecular formula is C27H39N3O4. The van der Waals surface area contributed by atoms with Crippen LogP contribution in [-0.4, -0.2) is 51.8 Å². The summed E-state index contributed by atoms with van der Waals surface area (Å²) in [5, 5.41) is 0. The second-order valence-electron chi connectivity index (χ2n) is 10.1. The van der Waals surface area contributed by atoms with Crippen molar-refractivity contribution < 1.29 is 19.1 Å². The highest BCUT2D eigenvalue weighted by Crippen LogP contribution is 2.25. The minimum atomic E-state index is -0.451. The number of amides is 1. The van der Waals surface area contributed by atoms with Crippen molar-refractivity contribution in [3.05, 3.63) is 41.9 Å². The van der Waals surface area contributed by atoms with E-state index >= 15 is 0 Å². The van der Waals surface area contributed by atoms with E-state index in [1.807, 2.05) is 39.5 Å². The van der Waals surface area contributed by atoms with Gasteiger partial charge < -0.3 is 18.9 Å². The van der Waals surface area contributed by atoms with Crippen LogP contribution in [0.25, 0.3) is 11.3 Å². The van der Waals surface area contributed by atoms with Crippen LogP contribution in [0, 0.1) is 12.8 Å². The lowest BCUT2D eigenvalue weighted by Gasteiger charge is -2.33. The fourth-order valence-electron chi connectivity index (χ4n) is 4.25. The molecule has 1 aliphatic heterocycles. The van der Waals surface area contributed by atoms with E-state index in [9.17, 15) is 9.59 Å². The molecular weight excluding hydrogens is 430 g/mol. The summed E-state index contributed by atoms with van der Waals surface area (Å²) in [7, 11) is 0. The van der Waals surface area contributed by atoms with E-state index in [2.05, 4.69) is 35.0 Å². The second-order valence-corrected chi connectivity index (χ2v) is 10.1. The number of aryl methyl sites for hydroxylation is 3. The van der Waals surface area contributed by atoms with Crippen LogP contribution in [-0.2, 0) is 27.2 Å². The minimum absolute atomic E-state index is 0.156. The molecule has 1 fully saturated rings. The number of nitrogens with zero attached hydrogens (tertiary/aromatic N) is 3. The molecule has 7 heteroatoms. The summed E-state index contributed by atoms with van der Waals surface area (Å²) in [6, 6.07) is 8.25. The van der Waals surface area contributed by atoms with Crippen molar-refractivity contribution >= 4 is 12.1 Å². The average molecular weight is 470 g/mol. The highest BCUT2D eigenvalue weighted by Gasteiger charge is 2.26. The van der Waals surface area contributed by atoms with Gasteiger partial charge >= 0.3 is 12.1 Å². The van der Waals surface area contributed by atoms with E-state index in [0.717, 1.165) is 61.5 Å². The normalized spacial score (nSPS) is 14.8. The summed E-state index contributed by atoms with van der Waals surface area (Å²) in [6.07, 6.45) is 6.09. The number of likely N-dealkylation sites (tertiary alicyclic amines) is 1. The van der Waals surface area contributed by atoms with E-state index in [1.54, 1.807) is 0 Å². The molecule has 0 atom stereocenters. The molecule has 0 aliphatic carbocycles. The van der Waals surface area contributed by atoms with Gasteiger partial charge in [0.25, 0.3) is 0 Å². The topological polar surface area (TPSA) is 73.7 Å². The summed E-state index contributed by atoms with van der Waals surface area (Å²) in [5.41, 5.74) is 2.71. The molecule has 2 heterocycles. The van der Waals surface area contributed by atoms with Gasteiger partial charge in [0.15, 0.2) is 0 Å². The van der Waals surface area contributed by atoms with Crippen LogP contribution in [0.2, 0.25) is 0 Å². The standard InChI is InChI=1S/C27H39N3O4/c1-6-33-25(31)12-9-21-7-10-23(11-8-21)24-19-30(20(2)28-24)18-15-22-13-16-29(17-14-22)26(32)34-27(3,4)5/h7-8,10-11,19,22H,6,9,12-18H2,1-5H3. The van der Waals surface area contributed by atoms with Gasteiger partial charge in [0, 0.05) is 37.8 Å². The lowest BCUT2D eigenvalue weighted by molar-refractivity contribution is -0.143. The monoisotopic (exact) mass is 469 g/mol. The first kappa shape index (κ1) is 25.8. The maximum Gasteiger partial charge on any atom is 0.410 e. The van der Waals surface area contributed by atoms with E-state index < -0.39 is 5.60 Å². The summed E-state index contributed by atoms with van der Waals surface area (Å²) in [5.74, 6) is 1.45. The molecule has 0 radical (unpaired) electrons. The first-order valence-corrected chi connectivity index (χ1v) is 12.4. The Kier molecular flexibility index (Phi) is 8.75. The molecule has 1 aromatic heterocycles. The fourth-order valence-corrected chi connectivity index (χ4v) is 4.25. The van der Waals surface area contributed by atoms with Gasteiger partial charge in [0.05, 0.1) is 12.3 Å². The SMILES string of the molecule is CCOC(=O)CCc1ccc(-c2cn(CCC3CCN(C(=O)OC(C)(C)C)CC3)c(C)n2)cc1. The summed E-state index contributed by atoms with van der Waals surface area (Å²) < 4.78 is 12.7. The van der Waals surface area contributed by atoms with Gasteiger partial charge in [-0.15, -0.1) is 0 Å². The molecule has 0 N–H and O–H groups in total. The summed E-state index contributed by atoms with van der Waals surface area (Å²) >= 11 is 0. The molecule has 0 saturated carbocycles. The third kappa shape index (κ3) is 7.61. The van der Waals surface area contributed by atoms with Crippen LogP contribution in [0.5, 0.6) is 0 Å². The largest absolute Gasteiger partial charge is 0.466 e. The maximum absolute atomic E-state index is 12.3. The third-order valence-corrected chi connectivity index (χ3v) is 6.19. The molecule has 1 aromatic carbocycles. The van der Waals surface area contributed by atoms with Gasteiger partial charge in [-0.1, -0.05) is 24.3 Å². The molecule has 3 rings (SSSR count). The Morgan fingerprint density at radius 2 is 1.79 bits per heavy atom. The molecule has 7 nitrogen and oxygen atoms in total. The number of carbonyl (C=O) groups excluding carboxylic acids is 2. The number of aromatic nitrogens is 2. The molecule has 1 aliphatic rings. The van der Waals surface area contributed by atoms with Crippen LogP contribution >= 0.6 is 0 Å². The zero-order valence-corrected chi connectivity index (χ0v) is 21.3. The van der Waals surface area contributed by atoms with E-state index in [-0.39, 0.29) is 12.1 Å². The van der Waals surface area contributed by atoms with Crippen molar-refractivity contribution in [1.29, 1.82) is 0 Å². The summed E-state index contributed by atoms with van der Waals surface area (Å²) in [4.78, 5) is 30.4. The van der Waals surface area contributed by atoms with Crippen molar-refractivity contribution in [3.8, 4) is 11.3 Å². The predicted octanol–water partition coefficient (Wildman–Crippen LogP) is 5.39. The summed E-state index contributed by atoms with van der Waals surface area (Å²) in [6.45, 7) is 12.4. The number of ether oxygens (including phenoxy) is 2. The molecule has 1 amide bonds. The molecule has 34 heavy (non-hydrogen) atoms. The Bertz CT molecular complexity index is 951. The van der Waals surface area contributed by atoms with Crippen LogP contribution in [0.1, 0.15) is 64.8 Å². The van der Waals surface area contributed by atoms with Crippen LogP contribution in [0.3, 0.4) is 0 Å². The quantitative estimate of drug-likeness (QED) is 0.485. The van der Waals surface area contributed by atoms with Gasteiger partial charge in [-0.2, -0.15) is 0 Å². The number of piperidine rings is 1. The van der Waals surface area contributed by atoms with Gasteiger partial charge in [-0.25, -0.2) is 9.78 Å². The lowest BCUT2D eigenvalue weighted by Crippen LogP contribution is -2.41. The lowest BCUT2D eigenvalue weighted by atomic mass is 9.94. The van der Waals surface area contributed by atoms with Gasteiger partial charge in [0.2, 0.25) is 0 Å². The van der Waals surface area contributed by atoms with Crippen molar-refractivity contribution in [2.75, 3.05) is 19.7 Å². The molecule has 1 saturated heterocycles. The Balaban J connectivity index is 1.48. The third-order valence-electron chi connectivity index (χ3n) is 6.19. The van der Waals surface area contributed by atoms with Gasteiger partial charge in [-0.05, 0) is 71.8 Å².